The molecule has 0 bridgehead atoms. The van der Waals surface area contributed by atoms with E-state index in [9.17, 15) is 20.0 Å². The first-order chi connectivity index (χ1) is 8.95. The molecule has 2 atom stereocenters. The van der Waals surface area contributed by atoms with Gasteiger partial charge in [0.15, 0.2) is 0 Å². The Morgan fingerprint density at radius 2 is 2.21 bits per heavy atom. The van der Waals surface area contributed by atoms with Crippen LogP contribution in [0.4, 0.5) is 5.69 Å². The quantitative estimate of drug-likeness (QED) is 0.577. The minimum absolute atomic E-state index is 0.00180. The average Bonchev–Trinajstić information content (AvgIpc) is 2.37. The first-order valence-electron chi connectivity index (χ1n) is 6.09. The number of rotatable bonds is 7. The zero-order valence-corrected chi connectivity index (χ0v) is 10.8. The summed E-state index contributed by atoms with van der Waals surface area (Å²) < 4.78 is 0. The van der Waals surface area contributed by atoms with Gasteiger partial charge in [0.25, 0.3) is 5.69 Å². The van der Waals surface area contributed by atoms with Gasteiger partial charge in [0, 0.05) is 24.5 Å². The van der Waals surface area contributed by atoms with E-state index >= 15 is 0 Å². The smallest absolute Gasteiger partial charge is 0.269 e. The van der Waals surface area contributed by atoms with Gasteiger partial charge in [-0.15, -0.1) is 0 Å². The highest BCUT2D eigenvalue weighted by atomic mass is 16.6. The molecule has 0 saturated carbocycles. The van der Waals surface area contributed by atoms with Crippen LogP contribution in [-0.4, -0.2) is 22.5 Å². The van der Waals surface area contributed by atoms with Crippen molar-refractivity contribution in [2.75, 3.05) is 6.61 Å². The van der Waals surface area contributed by atoms with Crippen molar-refractivity contribution in [3.05, 3.63) is 39.9 Å². The lowest BCUT2D eigenvalue weighted by molar-refractivity contribution is -0.384. The normalized spacial score (nSPS) is 13.8. The van der Waals surface area contributed by atoms with Crippen molar-refractivity contribution in [1.82, 2.24) is 0 Å². The predicted molar refractivity (Wildman–Crippen MR) is 70.5 cm³/mol. The van der Waals surface area contributed by atoms with E-state index < -0.39 is 4.92 Å². The summed E-state index contributed by atoms with van der Waals surface area (Å²) in [5.74, 6) is -0.610. The molecule has 1 amide bonds. The molecule has 104 valence electrons. The number of nitro groups is 1. The molecule has 0 aromatic heterocycles. The summed E-state index contributed by atoms with van der Waals surface area (Å²) in [6.07, 6.45) is 0.788. The van der Waals surface area contributed by atoms with Gasteiger partial charge in [-0.05, 0) is 17.9 Å². The maximum absolute atomic E-state index is 10.8. The summed E-state index contributed by atoms with van der Waals surface area (Å²) in [6, 6.07) is 6.21. The Balaban J connectivity index is 2.86. The van der Waals surface area contributed by atoms with Crippen LogP contribution >= 0.6 is 0 Å². The molecule has 0 spiro atoms. The zero-order chi connectivity index (χ0) is 14.4. The summed E-state index contributed by atoms with van der Waals surface area (Å²) >= 11 is 0. The van der Waals surface area contributed by atoms with E-state index in [1.165, 1.54) is 12.1 Å². The van der Waals surface area contributed by atoms with Gasteiger partial charge >= 0.3 is 0 Å². The van der Waals surface area contributed by atoms with Gasteiger partial charge in [-0.1, -0.05) is 19.1 Å². The predicted octanol–water partition coefficient (Wildman–Crippen LogP) is 1.57. The number of hydrogen-bond donors (Lipinski definition) is 2. The van der Waals surface area contributed by atoms with Gasteiger partial charge in [-0.25, -0.2) is 0 Å². The molecule has 6 nitrogen and oxygen atoms in total. The van der Waals surface area contributed by atoms with Gasteiger partial charge < -0.3 is 10.8 Å². The number of nitrogens with two attached hydrogens (primary N) is 1. The Morgan fingerprint density at radius 1 is 1.53 bits per heavy atom. The van der Waals surface area contributed by atoms with Gasteiger partial charge in [0.05, 0.1) is 11.5 Å². The number of nitro benzene ring substituents is 1. The third-order valence-electron chi connectivity index (χ3n) is 3.24. The van der Waals surface area contributed by atoms with Gasteiger partial charge in [-0.3, -0.25) is 14.9 Å². The molecule has 3 N–H and O–H groups in total. The molecule has 0 aliphatic carbocycles. The highest BCUT2D eigenvalue weighted by Gasteiger charge is 2.20. The monoisotopic (exact) mass is 266 g/mol. The zero-order valence-electron chi connectivity index (χ0n) is 10.8. The maximum atomic E-state index is 10.8. The van der Waals surface area contributed by atoms with Crippen molar-refractivity contribution in [2.24, 2.45) is 11.7 Å². The number of primary amides is 1. The van der Waals surface area contributed by atoms with E-state index in [2.05, 4.69) is 0 Å². The molecule has 1 aromatic rings. The molecule has 0 aliphatic rings. The molecule has 2 unspecified atom stereocenters. The fourth-order valence-corrected chi connectivity index (χ4v) is 2.05. The van der Waals surface area contributed by atoms with Crippen LogP contribution in [0.15, 0.2) is 24.3 Å². The van der Waals surface area contributed by atoms with E-state index in [1.54, 1.807) is 12.1 Å². The van der Waals surface area contributed by atoms with Crippen LogP contribution in [0.5, 0.6) is 0 Å². The second-order valence-electron chi connectivity index (χ2n) is 4.62. The Labute approximate surface area is 111 Å². The molecule has 0 radical (unpaired) electrons. The van der Waals surface area contributed by atoms with Crippen LogP contribution in [0.2, 0.25) is 0 Å². The molecule has 1 aromatic carbocycles. The first kappa shape index (κ1) is 15.1. The third kappa shape index (κ3) is 4.33. The number of carbonyl (C=O) groups excluding carboxylic acids is 1. The van der Waals surface area contributed by atoms with Crippen LogP contribution in [0.3, 0.4) is 0 Å². The highest BCUT2D eigenvalue weighted by molar-refractivity contribution is 5.73. The Morgan fingerprint density at radius 3 is 2.74 bits per heavy atom. The number of nitrogens with zero attached hydrogens (tertiary/aromatic N) is 1. The Hall–Kier alpha value is -1.95. The summed E-state index contributed by atoms with van der Waals surface area (Å²) in [6.45, 7) is 1.77. The van der Waals surface area contributed by atoms with Gasteiger partial charge in [0.1, 0.15) is 0 Å². The number of amides is 1. The number of aliphatic hydroxyl groups excluding tert-OH is 1. The molecule has 0 fully saturated rings. The Bertz CT molecular complexity index is 462. The van der Waals surface area contributed by atoms with Crippen molar-refractivity contribution in [2.45, 2.75) is 25.7 Å². The lowest BCUT2D eigenvalue weighted by atomic mass is 9.85. The number of non-ortho nitro benzene ring substituents is 1. The maximum Gasteiger partial charge on any atom is 0.269 e. The number of carbonyl (C=O) groups is 1. The molecule has 19 heavy (non-hydrogen) atoms. The molecule has 1 rings (SSSR count). The minimum Gasteiger partial charge on any atom is -0.396 e. The first-order valence-corrected chi connectivity index (χ1v) is 6.09. The molecule has 6 heteroatoms. The summed E-state index contributed by atoms with van der Waals surface area (Å²) in [5.41, 5.74) is 5.79. The fraction of sp³-hybridized carbons (Fsp3) is 0.462. The lowest BCUT2D eigenvalue weighted by Gasteiger charge is -2.21. The van der Waals surface area contributed by atoms with Crippen molar-refractivity contribution in [3.8, 4) is 0 Å². The average molecular weight is 266 g/mol. The molecule has 0 saturated heterocycles. The molecular weight excluding hydrogens is 248 g/mol. The number of aliphatic hydroxyl groups is 1. The standard InChI is InChI=1S/C13H18N2O4/c1-9(5-6-13(14)17)12(8-16)10-3-2-4-11(7-10)15(18)19/h2-4,7,9,12,16H,5-6,8H2,1H3,(H2,14,17). The summed E-state index contributed by atoms with van der Waals surface area (Å²) in [4.78, 5) is 21.0. The lowest BCUT2D eigenvalue weighted by Crippen LogP contribution is -2.18. The topological polar surface area (TPSA) is 106 Å². The van der Waals surface area contributed by atoms with Crippen molar-refractivity contribution < 1.29 is 14.8 Å². The van der Waals surface area contributed by atoms with E-state index in [1.807, 2.05) is 6.92 Å². The van der Waals surface area contributed by atoms with Crippen LogP contribution in [0, 0.1) is 16.0 Å². The third-order valence-corrected chi connectivity index (χ3v) is 3.24. The van der Waals surface area contributed by atoms with Gasteiger partial charge in [0.2, 0.25) is 5.91 Å². The van der Waals surface area contributed by atoms with Crippen LogP contribution < -0.4 is 5.73 Å². The molecular formula is C13H18N2O4. The van der Waals surface area contributed by atoms with E-state index in [0.29, 0.717) is 12.0 Å². The van der Waals surface area contributed by atoms with Crippen LogP contribution in [-0.2, 0) is 4.79 Å². The SMILES string of the molecule is CC(CCC(N)=O)C(CO)c1cccc([N+](=O)[O-])c1. The van der Waals surface area contributed by atoms with Crippen LogP contribution in [0.25, 0.3) is 0 Å². The second-order valence-corrected chi connectivity index (χ2v) is 4.62. The van der Waals surface area contributed by atoms with E-state index in [0.717, 1.165) is 0 Å². The van der Waals surface area contributed by atoms with Gasteiger partial charge in [-0.2, -0.15) is 0 Å². The number of benzene rings is 1. The van der Waals surface area contributed by atoms with Crippen molar-refractivity contribution in [1.29, 1.82) is 0 Å². The largest absolute Gasteiger partial charge is 0.396 e. The summed E-state index contributed by atoms with van der Waals surface area (Å²) in [7, 11) is 0. The van der Waals surface area contributed by atoms with E-state index in [4.69, 9.17) is 5.73 Å². The highest BCUT2D eigenvalue weighted by Crippen LogP contribution is 2.29. The Kier molecular flexibility index (Phi) is 5.44. The minimum atomic E-state index is -0.466. The second kappa shape index (κ2) is 6.84. The van der Waals surface area contributed by atoms with Crippen molar-refractivity contribution in [3.63, 3.8) is 0 Å². The molecule has 0 aliphatic heterocycles. The number of hydrogen-bond acceptors (Lipinski definition) is 4. The van der Waals surface area contributed by atoms with E-state index in [-0.39, 0.29) is 36.5 Å². The molecule has 0 heterocycles. The van der Waals surface area contributed by atoms with Crippen LogP contribution in [0.1, 0.15) is 31.2 Å². The van der Waals surface area contributed by atoms with Crippen molar-refractivity contribution >= 4 is 11.6 Å². The summed E-state index contributed by atoms with van der Waals surface area (Å²) in [5, 5.41) is 20.2. The fourth-order valence-electron chi connectivity index (χ4n) is 2.05.